The lowest BCUT2D eigenvalue weighted by Gasteiger charge is -2.02. The maximum absolute atomic E-state index is 8.99. The Hall–Kier alpha value is -1.67. The van der Waals surface area contributed by atoms with E-state index in [4.69, 9.17) is 5.11 Å². The molecule has 0 bridgehead atoms. The molecule has 0 aliphatic rings. The lowest BCUT2D eigenvalue weighted by molar-refractivity contribution is 0.282. The number of hydrogen-bond donors (Lipinski definition) is 1. The molecule has 69 valence electrons. The number of aliphatic hydroxyl groups excluding tert-OH is 1. The number of nitrogens with zero attached hydrogens (tertiary/aromatic N) is 1. The molecule has 0 unspecified atom stereocenters. The van der Waals surface area contributed by atoms with Crippen molar-refractivity contribution in [3.63, 3.8) is 0 Å². The molecule has 0 saturated carbocycles. The fraction of sp³-hybridized carbons (Fsp3) is 0.0833. The van der Waals surface area contributed by atoms with Gasteiger partial charge in [-0.2, -0.15) is 0 Å². The van der Waals surface area contributed by atoms with Gasteiger partial charge in [-0.1, -0.05) is 18.2 Å². The second kappa shape index (κ2) is 4.03. The maximum Gasteiger partial charge on any atom is 0.0682 e. The first kappa shape index (κ1) is 8.91. The Balaban J connectivity index is 2.42. The van der Waals surface area contributed by atoms with Crippen molar-refractivity contribution < 1.29 is 5.11 Å². The van der Waals surface area contributed by atoms with E-state index in [2.05, 4.69) is 11.1 Å². The quantitative estimate of drug-likeness (QED) is 0.774. The van der Waals surface area contributed by atoms with Crippen molar-refractivity contribution >= 4 is 0 Å². The zero-order valence-corrected chi connectivity index (χ0v) is 7.64. The van der Waals surface area contributed by atoms with Crippen molar-refractivity contribution in [1.29, 1.82) is 0 Å². The lowest BCUT2D eigenvalue weighted by atomic mass is 10.1. The number of benzene rings is 1. The van der Waals surface area contributed by atoms with Crippen molar-refractivity contribution in [2.75, 3.05) is 0 Å². The Labute approximate surface area is 82.9 Å². The van der Waals surface area contributed by atoms with Gasteiger partial charge in [0, 0.05) is 24.0 Å². The molecule has 1 heterocycles. The van der Waals surface area contributed by atoms with E-state index in [1.54, 1.807) is 12.4 Å². The fourth-order valence-corrected chi connectivity index (χ4v) is 1.33. The lowest BCUT2D eigenvalue weighted by Crippen LogP contribution is -1.84. The highest BCUT2D eigenvalue weighted by atomic mass is 16.3. The summed E-state index contributed by atoms with van der Waals surface area (Å²) in [4.78, 5) is 4.00. The highest BCUT2D eigenvalue weighted by Crippen LogP contribution is 2.18. The summed E-state index contributed by atoms with van der Waals surface area (Å²) in [6, 6.07) is 12.6. The Morgan fingerprint density at radius 1 is 1.29 bits per heavy atom. The third kappa shape index (κ3) is 1.80. The first-order valence-electron chi connectivity index (χ1n) is 4.41. The van der Waals surface area contributed by atoms with Gasteiger partial charge in [0.05, 0.1) is 6.61 Å². The van der Waals surface area contributed by atoms with Gasteiger partial charge in [0.1, 0.15) is 0 Å². The molecule has 0 saturated heterocycles. The minimum Gasteiger partial charge on any atom is -0.392 e. The average Bonchev–Trinajstić information content (AvgIpc) is 2.30. The number of rotatable bonds is 2. The predicted molar refractivity (Wildman–Crippen MR) is 54.4 cm³/mol. The summed E-state index contributed by atoms with van der Waals surface area (Å²) in [5, 5.41) is 8.99. The van der Waals surface area contributed by atoms with Crippen LogP contribution in [0.4, 0.5) is 0 Å². The van der Waals surface area contributed by atoms with Crippen LogP contribution in [-0.2, 0) is 6.61 Å². The summed E-state index contributed by atoms with van der Waals surface area (Å²) in [5.41, 5.74) is 2.98. The third-order valence-electron chi connectivity index (χ3n) is 2.04. The molecule has 0 aliphatic heterocycles. The highest BCUT2D eigenvalue weighted by molar-refractivity contribution is 5.62. The van der Waals surface area contributed by atoms with Crippen molar-refractivity contribution in [3.05, 3.63) is 54.4 Å². The van der Waals surface area contributed by atoms with Crippen LogP contribution in [0, 0.1) is 6.07 Å². The van der Waals surface area contributed by atoms with E-state index in [9.17, 15) is 0 Å². The van der Waals surface area contributed by atoms with Gasteiger partial charge in [-0.25, -0.2) is 0 Å². The number of pyridine rings is 1. The Kier molecular flexibility index (Phi) is 2.56. The zero-order chi connectivity index (χ0) is 9.80. The second-order valence-electron chi connectivity index (χ2n) is 3.03. The van der Waals surface area contributed by atoms with Crippen LogP contribution in [0.1, 0.15) is 5.56 Å². The average molecular weight is 184 g/mol. The van der Waals surface area contributed by atoms with E-state index in [0.29, 0.717) is 0 Å². The molecule has 2 nitrogen and oxygen atoms in total. The van der Waals surface area contributed by atoms with Gasteiger partial charge >= 0.3 is 0 Å². The van der Waals surface area contributed by atoms with Crippen LogP contribution in [0.3, 0.4) is 0 Å². The van der Waals surface area contributed by atoms with Crippen molar-refractivity contribution in [2.45, 2.75) is 6.61 Å². The molecule has 0 fully saturated rings. The zero-order valence-electron chi connectivity index (χ0n) is 7.64. The summed E-state index contributed by atoms with van der Waals surface area (Å²) in [7, 11) is 0. The van der Waals surface area contributed by atoms with E-state index in [-0.39, 0.29) is 6.61 Å². The Morgan fingerprint density at radius 3 is 2.93 bits per heavy atom. The molecule has 0 atom stereocenters. The third-order valence-corrected chi connectivity index (χ3v) is 2.04. The molecule has 0 aliphatic carbocycles. The highest BCUT2D eigenvalue weighted by Gasteiger charge is 1.97. The summed E-state index contributed by atoms with van der Waals surface area (Å²) in [5.74, 6) is 0. The molecule has 1 radical (unpaired) electrons. The van der Waals surface area contributed by atoms with Gasteiger partial charge in [0.2, 0.25) is 0 Å². The molecule has 0 spiro atoms. The van der Waals surface area contributed by atoms with Crippen LogP contribution >= 0.6 is 0 Å². The summed E-state index contributed by atoms with van der Waals surface area (Å²) < 4.78 is 0. The largest absolute Gasteiger partial charge is 0.392 e. The van der Waals surface area contributed by atoms with Gasteiger partial charge < -0.3 is 5.11 Å². The molecular weight excluding hydrogens is 174 g/mol. The normalized spacial score (nSPS) is 10.1. The van der Waals surface area contributed by atoms with Crippen LogP contribution in [0.5, 0.6) is 0 Å². The van der Waals surface area contributed by atoms with Crippen LogP contribution in [0.15, 0.2) is 42.7 Å². The van der Waals surface area contributed by atoms with Gasteiger partial charge in [-0.05, 0) is 23.3 Å². The van der Waals surface area contributed by atoms with Gasteiger partial charge in [-0.3, -0.25) is 4.98 Å². The monoisotopic (exact) mass is 184 g/mol. The molecule has 1 aromatic carbocycles. The van der Waals surface area contributed by atoms with Crippen LogP contribution in [0.25, 0.3) is 11.1 Å². The van der Waals surface area contributed by atoms with Crippen molar-refractivity contribution in [2.24, 2.45) is 0 Å². The smallest absolute Gasteiger partial charge is 0.0682 e. The molecule has 0 amide bonds. The van der Waals surface area contributed by atoms with E-state index < -0.39 is 0 Å². The van der Waals surface area contributed by atoms with Gasteiger partial charge in [0.15, 0.2) is 0 Å². The number of hydrogen-bond acceptors (Lipinski definition) is 2. The van der Waals surface area contributed by atoms with E-state index >= 15 is 0 Å². The number of aliphatic hydroxyl groups is 1. The van der Waals surface area contributed by atoms with Gasteiger partial charge in [-0.15, -0.1) is 0 Å². The van der Waals surface area contributed by atoms with Crippen molar-refractivity contribution in [3.8, 4) is 11.1 Å². The summed E-state index contributed by atoms with van der Waals surface area (Å²) >= 11 is 0. The van der Waals surface area contributed by atoms with E-state index in [1.807, 2.05) is 30.3 Å². The van der Waals surface area contributed by atoms with E-state index in [1.165, 1.54) is 0 Å². The Bertz CT molecular complexity index is 412. The molecule has 2 heteroatoms. The first-order valence-corrected chi connectivity index (χ1v) is 4.41. The molecule has 1 N–H and O–H groups in total. The fourth-order valence-electron chi connectivity index (χ4n) is 1.33. The molecule has 2 aromatic rings. The summed E-state index contributed by atoms with van der Waals surface area (Å²) in [6.07, 6.45) is 3.41. The first-order chi connectivity index (χ1) is 6.90. The van der Waals surface area contributed by atoms with Crippen LogP contribution in [0.2, 0.25) is 0 Å². The molecule has 2 rings (SSSR count). The standard InChI is InChI=1S/C12H10NO/c14-9-10-3-1-4-11(7-10)12-5-2-6-13-8-12/h1,3-8,14H,9H2. The maximum atomic E-state index is 8.99. The minimum atomic E-state index is 0.0673. The topological polar surface area (TPSA) is 33.1 Å². The van der Waals surface area contributed by atoms with Crippen molar-refractivity contribution in [1.82, 2.24) is 4.98 Å². The summed E-state index contributed by atoms with van der Waals surface area (Å²) in [6.45, 7) is 0.0673. The Morgan fingerprint density at radius 2 is 2.21 bits per heavy atom. The van der Waals surface area contributed by atoms with Gasteiger partial charge in [0.25, 0.3) is 0 Å². The van der Waals surface area contributed by atoms with E-state index in [0.717, 1.165) is 16.7 Å². The number of aromatic nitrogens is 1. The molecule has 1 aromatic heterocycles. The molecular formula is C12H10NO. The van der Waals surface area contributed by atoms with Crippen LogP contribution < -0.4 is 0 Å². The SMILES string of the molecule is OCc1cccc(-c2c[c]cnc2)c1. The van der Waals surface area contributed by atoms with Crippen LogP contribution in [-0.4, -0.2) is 10.1 Å². The minimum absolute atomic E-state index is 0.0673. The second-order valence-corrected chi connectivity index (χ2v) is 3.03. The molecule has 14 heavy (non-hydrogen) atoms. The predicted octanol–water partition coefficient (Wildman–Crippen LogP) is 2.04.